The molecule has 5 heteroatoms. The van der Waals surface area contributed by atoms with Crippen LogP contribution < -0.4 is 5.73 Å². The molecule has 0 radical (unpaired) electrons. The Morgan fingerprint density at radius 1 is 1.58 bits per heavy atom. The molecule has 3 N–H and O–H groups in total. The van der Waals surface area contributed by atoms with E-state index < -0.39 is 0 Å². The minimum atomic E-state index is -0.00389. The number of aliphatic hydroxyl groups is 1. The summed E-state index contributed by atoms with van der Waals surface area (Å²) in [6.07, 6.45) is 3.24. The van der Waals surface area contributed by atoms with E-state index in [1.807, 2.05) is 5.38 Å². The Labute approximate surface area is 117 Å². The van der Waals surface area contributed by atoms with Gasteiger partial charge in [-0.1, -0.05) is 11.8 Å². The van der Waals surface area contributed by atoms with Gasteiger partial charge in [0.05, 0.1) is 23.6 Å². The Morgan fingerprint density at radius 2 is 2.37 bits per heavy atom. The molecule has 1 amide bonds. The number of nitrogens with two attached hydrogens (primary N) is 1. The lowest BCUT2D eigenvalue weighted by Crippen LogP contribution is -2.45. The Kier molecular flexibility index (Phi) is 4.97. The second-order valence-corrected chi connectivity index (χ2v) is 5.42. The van der Waals surface area contributed by atoms with Crippen molar-refractivity contribution in [3.63, 3.8) is 0 Å². The van der Waals surface area contributed by atoms with E-state index in [9.17, 15) is 4.79 Å². The molecule has 0 aliphatic heterocycles. The lowest BCUT2D eigenvalue weighted by molar-refractivity contribution is 0.0526. The van der Waals surface area contributed by atoms with Crippen LogP contribution in [-0.2, 0) is 0 Å². The van der Waals surface area contributed by atoms with Crippen molar-refractivity contribution >= 4 is 17.2 Å². The molecule has 0 aromatic carbocycles. The average molecular weight is 278 g/mol. The molecule has 19 heavy (non-hydrogen) atoms. The van der Waals surface area contributed by atoms with E-state index in [4.69, 9.17) is 10.8 Å². The maximum Gasteiger partial charge on any atom is 0.255 e. The van der Waals surface area contributed by atoms with Crippen molar-refractivity contribution in [3.05, 3.63) is 21.9 Å². The zero-order chi connectivity index (χ0) is 13.7. The smallest absolute Gasteiger partial charge is 0.255 e. The first-order valence-electron chi connectivity index (χ1n) is 6.45. The monoisotopic (exact) mass is 278 g/mol. The molecule has 1 heterocycles. The van der Waals surface area contributed by atoms with Crippen LogP contribution in [0.25, 0.3) is 0 Å². The molecule has 1 aromatic rings. The van der Waals surface area contributed by atoms with Crippen molar-refractivity contribution in [2.75, 3.05) is 19.7 Å². The fourth-order valence-corrected chi connectivity index (χ4v) is 2.82. The summed E-state index contributed by atoms with van der Waals surface area (Å²) in [5, 5.41) is 10.9. The van der Waals surface area contributed by atoms with Gasteiger partial charge in [0.2, 0.25) is 0 Å². The molecule has 1 saturated carbocycles. The molecule has 1 fully saturated rings. The lowest BCUT2D eigenvalue weighted by atomic mass is 9.91. The van der Waals surface area contributed by atoms with Crippen LogP contribution >= 0.6 is 11.3 Å². The standard InChI is InChI=1S/C14H18N2O2S/c15-6-2-5-13-9-11(10-19-13)14(18)16(7-8-17)12-3-1-4-12/h9-10,12,17H,1,3-4,6-8,15H2. The van der Waals surface area contributed by atoms with E-state index >= 15 is 0 Å². The minimum Gasteiger partial charge on any atom is -0.395 e. The zero-order valence-electron chi connectivity index (χ0n) is 10.8. The first-order valence-corrected chi connectivity index (χ1v) is 7.33. The number of thiophene rings is 1. The van der Waals surface area contributed by atoms with Crippen molar-refractivity contribution in [3.8, 4) is 11.8 Å². The van der Waals surface area contributed by atoms with Gasteiger partial charge >= 0.3 is 0 Å². The van der Waals surface area contributed by atoms with Gasteiger partial charge in [-0.05, 0) is 25.3 Å². The number of rotatable bonds is 4. The summed E-state index contributed by atoms with van der Waals surface area (Å²) in [6.45, 7) is 0.731. The third-order valence-electron chi connectivity index (χ3n) is 3.28. The van der Waals surface area contributed by atoms with Crippen LogP contribution in [0.4, 0.5) is 0 Å². The summed E-state index contributed by atoms with van der Waals surface area (Å²) in [5.74, 6) is 5.71. The number of carbonyl (C=O) groups excluding carboxylic acids is 1. The quantitative estimate of drug-likeness (QED) is 0.809. The highest BCUT2D eigenvalue weighted by Gasteiger charge is 2.29. The SMILES string of the molecule is NCC#Cc1cc(C(=O)N(CCO)C2CCC2)cs1. The molecule has 2 rings (SSSR count). The first-order chi connectivity index (χ1) is 9.26. The summed E-state index contributed by atoms with van der Waals surface area (Å²) in [4.78, 5) is 15.0. The summed E-state index contributed by atoms with van der Waals surface area (Å²) in [5.41, 5.74) is 5.98. The molecule has 4 nitrogen and oxygen atoms in total. The van der Waals surface area contributed by atoms with E-state index in [2.05, 4.69) is 11.8 Å². The molecule has 1 aliphatic rings. The average Bonchev–Trinajstić information content (AvgIpc) is 2.81. The van der Waals surface area contributed by atoms with Crippen LogP contribution in [0.5, 0.6) is 0 Å². The third-order valence-corrected chi connectivity index (χ3v) is 4.12. The third kappa shape index (κ3) is 3.35. The number of carbonyl (C=O) groups is 1. The van der Waals surface area contributed by atoms with E-state index in [-0.39, 0.29) is 18.6 Å². The molecule has 0 bridgehead atoms. The van der Waals surface area contributed by atoms with Gasteiger partial charge in [0.15, 0.2) is 0 Å². The molecule has 1 aliphatic carbocycles. The van der Waals surface area contributed by atoms with Crippen LogP contribution in [0, 0.1) is 11.8 Å². The maximum atomic E-state index is 12.4. The van der Waals surface area contributed by atoms with E-state index in [0.29, 0.717) is 18.7 Å². The van der Waals surface area contributed by atoms with Gasteiger partial charge in [-0.2, -0.15) is 0 Å². The van der Waals surface area contributed by atoms with Crippen LogP contribution in [0.1, 0.15) is 34.5 Å². The largest absolute Gasteiger partial charge is 0.395 e. The highest BCUT2D eigenvalue weighted by molar-refractivity contribution is 7.10. The summed E-state index contributed by atoms with van der Waals surface area (Å²) < 4.78 is 0. The first kappa shape index (κ1) is 14.1. The van der Waals surface area contributed by atoms with Gasteiger partial charge in [0, 0.05) is 18.0 Å². The Morgan fingerprint density at radius 3 is 2.95 bits per heavy atom. The molecule has 0 atom stereocenters. The van der Waals surface area contributed by atoms with Crippen LogP contribution in [0.15, 0.2) is 11.4 Å². The molecular weight excluding hydrogens is 260 g/mol. The van der Waals surface area contributed by atoms with Gasteiger partial charge in [0.25, 0.3) is 5.91 Å². The second-order valence-electron chi connectivity index (χ2n) is 4.51. The van der Waals surface area contributed by atoms with Crippen molar-refractivity contribution in [1.29, 1.82) is 0 Å². The predicted molar refractivity (Wildman–Crippen MR) is 76.0 cm³/mol. The predicted octanol–water partition coefficient (Wildman–Crippen LogP) is 1.05. The van der Waals surface area contributed by atoms with Gasteiger partial charge < -0.3 is 15.7 Å². The van der Waals surface area contributed by atoms with Crippen molar-refractivity contribution in [2.45, 2.75) is 25.3 Å². The van der Waals surface area contributed by atoms with Crippen molar-refractivity contribution in [2.24, 2.45) is 5.73 Å². The van der Waals surface area contributed by atoms with Crippen LogP contribution in [0.3, 0.4) is 0 Å². The van der Waals surface area contributed by atoms with Crippen LogP contribution in [-0.4, -0.2) is 41.7 Å². The molecule has 1 aromatic heterocycles. The number of nitrogens with zero attached hydrogens (tertiary/aromatic N) is 1. The molecule has 0 saturated heterocycles. The number of aliphatic hydroxyl groups excluding tert-OH is 1. The van der Waals surface area contributed by atoms with Crippen molar-refractivity contribution < 1.29 is 9.90 Å². The van der Waals surface area contributed by atoms with Gasteiger partial charge in [0.1, 0.15) is 0 Å². The fraction of sp³-hybridized carbons (Fsp3) is 0.500. The Bertz CT molecular complexity index is 497. The molecule has 0 unspecified atom stereocenters. The second kappa shape index (κ2) is 6.71. The number of hydrogen-bond acceptors (Lipinski definition) is 4. The number of hydrogen-bond donors (Lipinski definition) is 2. The summed E-state index contributed by atoms with van der Waals surface area (Å²) in [6, 6.07) is 2.09. The summed E-state index contributed by atoms with van der Waals surface area (Å²) >= 11 is 1.45. The fourth-order valence-electron chi connectivity index (χ4n) is 2.07. The van der Waals surface area contributed by atoms with E-state index in [1.165, 1.54) is 11.3 Å². The molecule has 0 spiro atoms. The van der Waals surface area contributed by atoms with Gasteiger partial charge in [-0.15, -0.1) is 11.3 Å². The Balaban J connectivity index is 2.09. The van der Waals surface area contributed by atoms with E-state index in [0.717, 1.165) is 24.1 Å². The molecule has 102 valence electrons. The minimum absolute atomic E-state index is 0.00389. The van der Waals surface area contributed by atoms with E-state index in [1.54, 1.807) is 11.0 Å². The van der Waals surface area contributed by atoms with Gasteiger partial charge in [-0.25, -0.2) is 0 Å². The lowest BCUT2D eigenvalue weighted by Gasteiger charge is -2.37. The highest BCUT2D eigenvalue weighted by Crippen LogP contribution is 2.27. The normalized spacial score (nSPS) is 14.4. The van der Waals surface area contributed by atoms with Crippen molar-refractivity contribution in [1.82, 2.24) is 4.90 Å². The maximum absolute atomic E-state index is 12.4. The zero-order valence-corrected chi connectivity index (χ0v) is 11.6. The van der Waals surface area contributed by atoms with Gasteiger partial charge in [-0.3, -0.25) is 4.79 Å². The highest BCUT2D eigenvalue weighted by atomic mass is 32.1. The Hall–Kier alpha value is -1.35. The summed E-state index contributed by atoms with van der Waals surface area (Å²) in [7, 11) is 0. The molecular formula is C14H18N2O2S. The topological polar surface area (TPSA) is 66.6 Å². The number of amides is 1. The van der Waals surface area contributed by atoms with Crippen LogP contribution in [0.2, 0.25) is 0 Å².